The summed E-state index contributed by atoms with van der Waals surface area (Å²) in [6.07, 6.45) is 12.1. The molecule has 0 saturated heterocycles. The predicted octanol–water partition coefficient (Wildman–Crippen LogP) is 3.38. The monoisotopic (exact) mass is 250 g/mol. The van der Waals surface area contributed by atoms with Crippen LogP contribution in [0.25, 0.3) is 12.2 Å². The van der Waals surface area contributed by atoms with Gasteiger partial charge < -0.3 is 4.74 Å². The van der Waals surface area contributed by atoms with Crippen molar-refractivity contribution in [2.45, 2.75) is 0 Å². The summed E-state index contributed by atoms with van der Waals surface area (Å²) in [7, 11) is 1.40. The minimum absolute atomic E-state index is 0.131. The van der Waals surface area contributed by atoms with Crippen molar-refractivity contribution in [2.75, 3.05) is 7.11 Å². The van der Waals surface area contributed by atoms with Crippen molar-refractivity contribution in [3.8, 4) is 0 Å². The summed E-state index contributed by atoms with van der Waals surface area (Å²) in [5.41, 5.74) is 4.20. The Morgan fingerprint density at radius 2 is 1.89 bits per heavy atom. The number of fused-ring (bicyclic) bond motifs is 2. The van der Waals surface area contributed by atoms with Gasteiger partial charge in [-0.3, -0.25) is 0 Å². The van der Waals surface area contributed by atoms with Crippen molar-refractivity contribution in [3.05, 3.63) is 70.8 Å². The van der Waals surface area contributed by atoms with Crippen molar-refractivity contribution in [2.24, 2.45) is 5.92 Å². The lowest BCUT2D eigenvalue weighted by atomic mass is 9.90. The molecule has 2 heteroatoms. The number of carbonyl (C=O) groups excluding carboxylic acids is 1. The molecular weight excluding hydrogens is 236 g/mol. The molecule has 0 N–H and O–H groups in total. The molecule has 0 spiro atoms. The van der Waals surface area contributed by atoms with E-state index in [1.54, 1.807) is 0 Å². The molecule has 0 radical (unpaired) electrons. The first-order chi connectivity index (χ1) is 9.28. The van der Waals surface area contributed by atoms with Gasteiger partial charge in [0.25, 0.3) is 0 Å². The second-order valence-electron chi connectivity index (χ2n) is 4.61. The lowest BCUT2D eigenvalue weighted by Crippen LogP contribution is -2.09. The first-order valence-electron chi connectivity index (χ1n) is 6.25. The second-order valence-corrected chi connectivity index (χ2v) is 4.61. The highest BCUT2D eigenvalue weighted by molar-refractivity contribution is 5.92. The van der Waals surface area contributed by atoms with Crippen LogP contribution in [0.15, 0.2) is 59.7 Å². The van der Waals surface area contributed by atoms with Gasteiger partial charge in [-0.1, -0.05) is 54.6 Å². The lowest BCUT2D eigenvalue weighted by molar-refractivity contribution is -0.135. The zero-order valence-electron chi connectivity index (χ0n) is 10.7. The Hall–Kier alpha value is -2.35. The van der Waals surface area contributed by atoms with E-state index in [4.69, 9.17) is 4.74 Å². The predicted molar refractivity (Wildman–Crippen MR) is 76.2 cm³/mol. The van der Waals surface area contributed by atoms with E-state index in [0.29, 0.717) is 5.57 Å². The topological polar surface area (TPSA) is 26.3 Å². The average Bonchev–Trinajstić information content (AvgIpc) is 2.64. The van der Waals surface area contributed by atoms with Crippen molar-refractivity contribution in [3.63, 3.8) is 0 Å². The molecule has 0 aromatic heterocycles. The molecule has 1 unspecified atom stereocenters. The molecule has 0 heterocycles. The van der Waals surface area contributed by atoms with E-state index >= 15 is 0 Å². The van der Waals surface area contributed by atoms with Crippen LogP contribution in [0.3, 0.4) is 0 Å². The highest BCUT2D eigenvalue weighted by Gasteiger charge is 2.18. The molecule has 2 aliphatic carbocycles. The van der Waals surface area contributed by atoms with Gasteiger partial charge in [-0.05, 0) is 22.8 Å². The highest BCUT2D eigenvalue weighted by atomic mass is 16.5. The number of allylic oxidation sites excluding steroid dienone is 4. The normalized spacial score (nSPS) is 19.7. The molecule has 2 aliphatic rings. The van der Waals surface area contributed by atoms with E-state index in [-0.39, 0.29) is 11.9 Å². The van der Waals surface area contributed by atoms with Crippen molar-refractivity contribution >= 4 is 18.1 Å². The van der Waals surface area contributed by atoms with Gasteiger partial charge in [0.1, 0.15) is 0 Å². The lowest BCUT2D eigenvalue weighted by Gasteiger charge is -2.15. The summed E-state index contributed by atoms with van der Waals surface area (Å²) < 4.78 is 4.76. The minimum atomic E-state index is -0.287. The number of rotatable bonds is 1. The van der Waals surface area contributed by atoms with Crippen LogP contribution in [0, 0.1) is 5.92 Å². The Balaban J connectivity index is 2.02. The molecule has 2 nitrogen and oxygen atoms in total. The van der Waals surface area contributed by atoms with E-state index in [0.717, 1.165) is 0 Å². The quantitative estimate of drug-likeness (QED) is 0.714. The standard InChI is InChI=1S/C17H14O2/c1-19-17(18)16-9-8-14-10-13-5-3-2-4-12(13)6-7-15(14)11-16/h2-11,15H,1H3. The number of carbonyl (C=O) groups is 1. The van der Waals surface area contributed by atoms with Crippen molar-refractivity contribution in [1.82, 2.24) is 0 Å². The van der Waals surface area contributed by atoms with Crippen LogP contribution in [-0.2, 0) is 9.53 Å². The van der Waals surface area contributed by atoms with E-state index in [2.05, 4.69) is 30.4 Å². The van der Waals surface area contributed by atoms with Crippen LogP contribution < -0.4 is 0 Å². The maximum atomic E-state index is 11.6. The Morgan fingerprint density at radius 1 is 1.11 bits per heavy atom. The molecule has 94 valence electrons. The van der Waals surface area contributed by atoms with Crippen molar-refractivity contribution in [1.29, 1.82) is 0 Å². The summed E-state index contributed by atoms with van der Waals surface area (Å²) in [4.78, 5) is 11.6. The van der Waals surface area contributed by atoms with Gasteiger partial charge >= 0.3 is 5.97 Å². The van der Waals surface area contributed by atoms with E-state index in [1.807, 2.05) is 30.4 Å². The zero-order chi connectivity index (χ0) is 13.2. The number of hydrogen-bond donors (Lipinski definition) is 0. The van der Waals surface area contributed by atoms with Crippen LogP contribution in [0.4, 0.5) is 0 Å². The Bertz CT molecular complexity index is 645. The minimum Gasteiger partial charge on any atom is -0.465 e. The van der Waals surface area contributed by atoms with E-state index in [1.165, 1.54) is 23.8 Å². The molecule has 19 heavy (non-hydrogen) atoms. The summed E-state index contributed by atoms with van der Waals surface area (Å²) >= 11 is 0. The maximum absolute atomic E-state index is 11.6. The molecule has 0 amide bonds. The Kier molecular flexibility index (Phi) is 2.92. The number of hydrogen-bond acceptors (Lipinski definition) is 2. The first kappa shape index (κ1) is 11.7. The number of ether oxygens (including phenoxy) is 1. The van der Waals surface area contributed by atoms with Gasteiger partial charge in [-0.15, -0.1) is 0 Å². The fourth-order valence-corrected chi connectivity index (χ4v) is 2.39. The fourth-order valence-electron chi connectivity index (χ4n) is 2.39. The average molecular weight is 250 g/mol. The fraction of sp³-hybridized carbons (Fsp3) is 0.118. The smallest absolute Gasteiger partial charge is 0.337 e. The van der Waals surface area contributed by atoms with Crippen LogP contribution in [0.2, 0.25) is 0 Å². The summed E-state index contributed by atoms with van der Waals surface area (Å²) in [6.45, 7) is 0. The van der Waals surface area contributed by atoms with Gasteiger partial charge in [0.05, 0.1) is 12.7 Å². The zero-order valence-corrected chi connectivity index (χ0v) is 10.7. The summed E-state index contributed by atoms with van der Waals surface area (Å²) in [5.74, 6) is -0.156. The van der Waals surface area contributed by atoms with Crippen LogP contribution in [0.5, 0.6) is 0 Å². The van der Waals surface area contributed by atoms with Gasteiger partial charge in [0, 0.05) is 5.92 Å². The summed E-state index contributed by atoms with van der Waals surface area (Å²) in [5, 5.41) is 0. The van der Waals surface area contributed by atoms with Crippen LogP contribution >= 0.6 is 0 Å². The van der Waals surface area contributed by atoms with E-state index in [9.17, 15) is 4.79 Å². The van der Waals surface area contributed by atoms with Gasteiger partial charge in [-0.25, -0.2) is 4.79 Å². The number of benzene rings is 1. The third kappa shape index (κ3) is 2.17. The molecule has 3 rings (SSSR count). The Labute approximate surface area is 112 Å². The van der Waals surface area contributed by atoms with Gasteiger partial charge in [0.15, 0.2) is 0 Å². The maximum Gasteiger partial charge on any atom is 0.337 e. The third-order valence-electron chi connectivity index (χ3n) is 3.42. The molecular formula is C17H14O2. The van der Waals surface area contributed by atoms with Crippen LogP contribution in [-0.4, -0.2) is 13.1 Å². The number of methoxy groups -OCH3 is 1. The molecule has 0 saturated carbocycles. The van der Waals surface area contributed by atoms with Crippen molar-refractivity contribution < 1.29 is 9.53 Å². The molecule has 1 aromatic carbocycles. The summed E-state index contributed by atoms with van der Waals surface area (Å²) in [6, 6.07) is 8.26. The molecule has 0 aliphatic heterocycles. The largest absolute Gasteiger partial charge is 0.465 e. The second kappa shape index (κ2) is 4.73. The molecule has 0 bridgehead atoms. The van der Waals surface area contributed by atoms with Gasteiger partial charge in [0.2, 0.25) is 0 Å². The molecule has 0 fully saturated rings. The number of esters is 1. The molecule has 1 atom stereocenters. The Morgan fingerprint density at radius 3 is 2.68 bits per heavy atom. The van der Waals surface area contributed by atoms with Gasteiger partial charge in [-0.2, -0.15) is 0 Å². The van der Waals surface area contributed by atoms with E-state index < -0.39 is 0 Å². The van der Waals surface area contributed by atoms with Crippen LogP contribution in [0.1, 0.15) is 11.1 Å². The third-order valence-corrected chi connectivity index (χ3v) is 3.42. The first-order valence-corrected chi connectivity index (χ1v) is 6.25. The SMILES string of the molecule is COC(=O)C1=CC2C=Cc3ccccc3C=C2C=C1. The molecule has 1 aromatic rings. The highest BCUT2D eigenvalue weighted by Crippen LogP contribution is 2.30.